The van der Waals surface area contributed by atoms with E-state index in [2.05, 4.69) is 0 Å². The van der Waals surface area contributed by atoms with Gasteiger partial charge in [-0.25, -0.2) is 4.79 Å². The molecule has 1 aliphatic rings. The van der Waals surface area contributed by atoms with E-state index in [0.29, 0.717) is 5.75 Å². The highest BCUT2D eigenvalue weighted by Crippen LogP contribution is 2.23. The van der Waals surface area contributed by atoms with E-state index in [0.717, 1.165) is 25.7 Å². The fourth-order valence-corrected chi connectivity index (χ4v) is 2.15. The van der Waals surface area contributed by atoms with Crippen LogP contribution in [0.1, 0.15) is 36.0 Å². The van der Waals surface area contributed by atoms with Gasteiger partial charge in [-0.05, 0) is 37.8 Å². The normalized spacial score (nSPS) is 15.4. The smallest absolute Gasteiger partial charge is 0.380 e. The third kappa shape index (κ3) is 2.70. The van der Waals surface area contributed by atoms with Crippen LogP contribution < -0.4 is 4.74 Å². The Morgan fingerprint density at radius 1 is 1.17 bits per heavy atom. The molecule has 1 aliphatic carbocycles. The summed E-state index contributed by atoms with van der Waals surface area (Å²) in [7, 11) is 1.47. The maximum absolute atomic E-state index is 12.0. The highest BCUT2D eigenvalue weighted by molar-refractivity contribution is 6.41. The number of esters is 1. The number of hydrogen-bond donors (Lipinski definition) is 0. The minimum atomic E-state index is -0.786. The first-order valence-electron chi connectivity index (χ1n) is 6.10. The Hall–Kier alpha value is -1.84. The Balaban J connectivity index is 2.07. The Kier molecular flexibility index (Phi) is 3.97. The molecular weight excluding hydrogens is 232 g/mol. The van der Waals surface area contributed by atoms with Crippen molar-refractivity contribution in [1.29, 1.82) is 0 Å². The maximum atomic E-state index is 12.0. The summed E-state index contributed by atoms with van der Waals surface area (Å²) in [5.74, 6) is -1.03. The highest BCUT2D eigenvalue weighted by atomic mass is 16.5. The molecule has 0 spiro atoms. The molecular formula is C14H16O4. The van der Waals surface area contributed by atoms with E-state index in [1.165, 1.54) is 7.11 Å². The zero-order valence-electron chi connectivity index (χ0n) is 10.3. The number of ketones is 1. The first kappa shape index (κ1) is 12.6. The summed E-state index contributed by atoms with van der Waals surface area (Å²) in [6.07, 6.45) is 3.72. The fourth-order valence-electron chi connectivity index (χ4n) is 2.15. The van der Waals surface area contributed by atoms with Gasteiger partial charge in [0, 0.05) is 0 Å². The van der Waals surface area contributed by atoms with Crippen molar-refractivity contribution >= 4 is 11.8 Å². The van der Waals surface area contributed by atoms with Crippen LogP contribution in [-0.2, 0) is 9.53 Å². The summed E-state index contributed by atoms with van der Waals surface area (Å²) >= 11 is 0. The van der Waals surface area contributed by atoms with Crippen LogP contribution in [0.15, 0.2) is 24.3 Å². The van der Waals surface area contributed by atoms with Crippen molar-refractivity contribution in [3.63, 3.8) is 0 Å². The van der Waals surface area contributed by atoms with Gasteiger partial charge in [0.1, 0.15) is 11.9 Å². The minimum absolute atomic E-state index is 0.101. The monoisotopic (exact) mass is 248 g/mol. The Labute approximate surface area is 106 Å². The van der Waals surface area contributed by atoms with Gasteiger partial charge in [0.05, 0.1) is 12.7 Å². The van der Waals surface area contributed by atoms with Crippen LogP contribution in [0.2, 0.25) is 0 Å². The van der Waals surface area contributed by atoms with Gasteiger partial charge >= 0.3 is 5.97 Å². The fraction of sp³-hybridized carbons (Fsp3) is 0.429. The molecule has 0 heterocycles. The number of benzene rings is 1. The molecule has 18 heavy (non-hydrogen) atoms. The number of hydrogen-bond acceptors (Lipinski definition) is 4. The van der Waals surface area contributed by atoms with Gasteiger partial charge in [-0.2, -0.15) is 0 Å². The lowest BCUT2D eigenvalue weighted by Gasteiger charge is -2.11. The van der Waals surface area contributed by atoms with E-state index in [-0.39, 0.29) is 11.7 Å². The topological polar surface area (TPSA) is 52.6 Å². The highest BCUT2D eigenvalue weighted by Gasteiger charge is 2.26. The standard InChI is InChI=1S/C14H16O4/c1-17-12-9-5-4-8-11(12)13(15)14(16)18-10-6-2-3-7-10/h4-5,8-10H,2-3,6-7H2,1H3. The van der Waals surface area contributed by atoms with Crippen LogP contribution in [0.25, 0.3) is 0 Å². The zero-order valence-corrected chi connectivity index (χ0v) is 10.3. The van der Waals surface area contributed by atoms with Gasteiger partial charge in [0.2, 0.25) is 0 Å². The lowest BCUT2D eigenvalue weighted by atomic mass is 10.1. The van der Waals surface area contributed by atoms with Crippen LogP contribution >= 0.6 is 0 Å². The van der Waals surface area contributed by atoms with Crippen molar-refractivity contribution in [2.45, 2.75) is 31.8 Å². The van der Waals surface area contributed by atoms with Crippen molar-refractivity contribution < 1.29 is 19.1 Å². The number of para-hydroxylation sites is 1. The molecule has 1 fully saturated rings. The maximum Gasteiger partial charge on any atom is 0.380 e. The molecule has 2 rings (SSSR count). The van der Waals surface area contributed by atoms with E-state index in [9.17, 15) is 9.59 Å². The molecule has 96 valence electrons. The van der Waals surface area contributed by atoms with Crippen molar-refractivity contribution in [3.05, 3.63) is 29.8 Å². The third-order valence-corrected chi connectivity index (χ3v) is 3.11. The van der Waals surface area contributed by atoms with Gasteiger partial charge < -0.3 is 9.47 Å². The van der Waals surface area contributed by atoms with Crippen LogP contribution in [0.3, 0.4) is 0 Å². The third-order valence-electron chi connectivity index (χ3n) is 3.11. The number of carbonyl (C=O) groups is 2. The van der Waals surface area contributed by atoms with E-state index in [1.54, 1.807) is 24.3 Å². The van der Waals surface area contributed by atoms with E-state index in [1.807, 2.05) is 0 Å². The summed E-state index contributed by atoms with van der Waals surface area (Å²) in [6.45, 7) is 0. The second-order valence-corrected chi connectivity index (χ2v) is 4.34. The van der Waals surface area contributed by atoms with Crippen molar-refractivity contribution in [1.82, 2.24) is 0 Å². The van der Waals surface area contributed by atoms with Gasteiger partial charge in [0.15, 0.2) is 0 Å². The average Bonchev–Trinajstić information content (AvgIpc) is 2.90. The predicted molar refractivity (Wildman–Crippen MR) is 65.7 cm³/mol. The number of carbonyl (C=O) groups excluding carboxylic acids is 2. The molecule has 1 aromatic rings. The van der Waals surface area contributed by atoms with Crippen molar-refractivity contribution in [3.8, 4) is 5.75 Å². The van der Waals surface area contributed by atoms with E-state index in [4.69, 9.17) is 9.47 Å². The summed E-state index contributed by atoms with van der Waals surface area (Å²) < 4.78 is 10.2. The number of Topliss-reactive ketones (excluding diaryl/α,β-unsaturated/α-hetero) is 1. The van der Waals surface area contributed by atoms with Gasteiger partial charge in [-0.15, -0.1) is 0 Å². The van der Waals surface area contributed by atoms with Crippen LogP contribution in [0.4, 0.5) is 0 Å². The molecule has 0 N–H and O–H groups in total. The molecule has 0 saturated heterocycles. The summed E-state index contributed by atoms with van der Waals surface area (Å²) in [5.41, 5.74) is 0.253. The number of ether oxygens (including phenoxy) is 2. The quantitative estimate of drug-likeness (QED) is 0.466. The summed E-state index contributed by atoms with van der Waals surface area (Å²) in [4.78, 5) is 23.7. The van der Waals surface area contributed by atoms with Crippen LogP contribution in [0, 0.1) is 0 Å². The molecule has 0 unspecified atom stereocenters. The molecule has 0 aliphatic heterocycles. The van der Waals surface area contributed by atoms with Gasteiger partial charge in [-0.1, -0.05) is 12.1 Å². The lowest BCUT2D eigenvalue weighted by molar-refractivity contribution is -0.142. The summed E-state index contributed by atoms with van der Waals surface area (Å²) in [6, 6.07) is 6.66. The van der Waals surface area contributed by atoms with E-state index < -0.39 is 11.8 Å². The molecule has 4 nitrogen and oxygen atoms in total. The van der Waals surface area contributed by atoms with Crippen LogP contribution in [-0.4, -0.2) is 25.0 Å². The largest absolute Gasteiger partial charge is 0.496 e. The second kappa shape index (κ2) is 5.67. The van der Waals surface area contributed by atoms with Crippen molar-refractivity contribution in [2.75, 3.05) is 7.11 Å². The van der Waals surface area contributed by atoms with Gasteiger partial charge in [0.25, 0.3) is 5.78 Å². The van der Waals surface area contributed by atoms with Crippen LogP contribution in [0.5, 0.6) is 5.75 Å². The number of rotatable bonds is 4. The Morgan fingerprint density at radius 2 is 1.83 bits per heavy atom. The first-order chi connectivity index (χ1) is 8.72. The SMILES string of the molecule is COc1ccccc1C(=O)C(=O)OC1CCCC1. The molecule has 4 heteroatoms. The molecule has 0 bridgehead atoms. The molecule has 0 aromatic heterocycles. The van der Waals surface area contributed by atoms with Gasteiger partial charge in [-0.3, -0.25) is 4.79 Å². The first-order valence-corrected chi connectivity index (χ1v) is 6.10. The second-order valence-electron chi connectivity index (χ2n) is 4.34. The Morgan fingerprint density at radius 3 is 2.50 bits per heavy atom. The number of methoxy groups -OCH3 is 1. The molecule has 1 saturated carbocycles. The minimum Gasteiger partial charge on any atom is -0.496 e. The molecule has 0 atom stereocenters. The summed E-state index contributed by atoms with van der Waals surface area (Å²) in [5, 5.41) is 0. The molecule has 0 radical (unpaired) electrons. The molecule has 1 aromatic carbocycles. The van der Waals surface area contributed by atoms with Crippen molar-refractivity contribution in [2.24, 2.45) is 0 Å². The van der Waals surface area contributed by atoms with E-state index >= 15 is 0 Å². The Bertz CT molecular complexity index is 447. The average molecular weight is 248 g/mol. The lowest BCUT2D eigenvalue weighted by Crippen LogP contribution is -2.23. The molecule has 0 amide bonds. The predicted octanol–water partition coefficient (Wildman–Crippen LogP) is 2.36. The zero-order chi connectivity index (χ0) is 13.0.